The molecule has 0 saturated carbocycles. The number of amides is 1. The quantitative estimate of drug-likeness (QED) is 0.717. The molecule has 0 bridgehead atoms. The van der Waals surface area contributed by atoms with Crippen LogP contribution in [0.2, 0.25) is 0 Å². The van der Waals surface area contributed by atoms with Gasteiger partial charge in [-0.3, -0.25) is 4.79 Å². The lowest BCUT2D eigenvalue weighted by Crippen LogP contribution is -2.25. The second kappa shape index (κ2) is 7.36. The van der Waals surface area contributed by atoms with Crippen LogP contribution in [0.4, 0.5) is 5.69 Å². The van der Waals surface area contributed by atoms with Crippen LogP contribution in [0.25, 0.3) is 5.69 Å². The Bertz CT molecular complexity index is 968. The molecule has 0 aliphatic heterocycles. The van der Waals surface area contributed by atoms with Crippen LogP contribution in [0.15, 0.2) is 39.5 Å². The van der Waals surface area contributed by atoms with Crippen molar-refractivity contribution in [3.8, 4) is 5.69 Å². The van der Waals surface area contributed by atoms with E-state index >= 15 is 0 Å². The molecule has 0 saturated heterocycles. The summed E-state index contributed by atoms with van der Waals surface area (Å²) in [5.74, 6) is 0.990. The first-order valence-electron chi connectivity index (χ1n) is 8.00. The van der Waals surface area contributed by atoms with E-state index in [0.29, 0.717) is 41.6 Å². The largest absolute Gasteiger partial charge is 0.466 e. The first-order valence-corrected chi connectivity index (χ1v) is 8.00. The molecule has 1 amide bonds. The second-order valence-corrected chi connectivity index (χ2v) is 5.72. The maximum atomic E-state index is 12.3. The maximum absolute atomic E-state index is 12.3. The van der Waals surface area contributed by atoms with Crippen molar-refractivity contribution in [2.24, 2.45) is 0 Å². The van der Waals surface area contributed by atoms with E-state index in [4.69, 9.17) is 9.15 Å². The van der Waals surface area contributed by atoms with E-state index in [0.717, 1.165) is 0 Å². The molecule has 0 spiro atoms. The number of carbonyl (C=O) groups is 1. The Morgan fingerprint density at radius 2 is 1.96 bits per heavy atom. The molecule has 0 fully saturated rings. The number of tetrazole rings is 1. The highest BCUT2D eigenvalue weighted by Gasteiger charge is 2.14. The van der Waals surface area contributed by atoms with E-state index < -0.39 is 0 Å². The molecule has 0 unspecified atom stereocenters. The van der Waals surface area contributed by atoms with Crippen molar-refractivity contribution in [3.05, 3.63) is 57.9 Å². The molecular weight excluding hydrogens is 338 g/mol. The lowest BCUT2D eigenvalue weighted by atomic mass is 10.2. The molecular formula is C17H19N5O4. The third-order valence-electron chi connectivity index (χ3n) is 3.80. The van der Waals surface area contributed by atoms with Crippen molar-refractivity contribution >= 4 is 11.6 Å². The minimum absolute atomic E-state index is 0.255. The van der Waals surface area contributed by atoms with Gasteiger partial charge in [-0.25, -0.2) is 4.79 Å². The zero-order valence-corrected chi connectivity index (χ0v) is 14.7. The molecule has 3 rings (SSSR count). The number of methoxy groups -OCH3 is 1. The van der Waals surface area contributed by atoms with Crippen LogP contribution in [0, 0.1) is 13.8 Å². The number of nitrogens with one attached hydrogen (secondary N) is 1. The fourth-order valence-corrected chi connectivity index (χ4v) is 2.49. The minimum atomic E-state index is -0.358. The van der Waals surface area contributed by atoms with Gasteiger partial charge in [0.15, 0.2) is 0 Å². The third kappa shape index (κ3) is 3.57. The number of furan rings is 1. The molecule has 0 aliphatic carbocycles. The van der Waals surface area contributed by atoms with Crippen molar-refractivity contribution in [1.29, 1.82) is 0 Å². The Hall–Kier alpha value is -3.20. The van der Waals surface area contributed by atoms with Crippen molar-refractivity contribution < 1.29 is 13.9 Å². The van der Waals surface area contributed by atoms with E-state index in [2.05, 4.69) is 15.7 Å². The number of anilines is 1. The molecule has 9 nitrogen and oxygen atoms in total. The predicted molar refractivity (Wildman–Crippen MR) is 93.6 cm³/mol. The highest BCUT2D eigenvalue weighted by Crippen LogP contribution is 2.17. The van der Waals surface area contributed by atoms with E-state index in [1.165, 1.54) is 9.36 Å². The van der Waals surface area contributed by atoms with E-state index in [1.54, 1.807) is 51.3 Å². The molecule has 136 valence electrons. The monoisotopic (exact) mass is 357 g/mol. The van der Waals surface area contributed by atoms with E-state index in [-0.39, 0.29) is 11.6 Å². The van der Waals surface area contributed by atoms with Gasteiger partial charge in [0.1, 0.15) is 11.5 Å². The van der Waals surface area contributed by atoms with E-state index in [1.807, 2.05) is 0 Å². The molecule has 9 heteroatoms. The van der Waals surface area contributed by atoms with Crippen molar-refractivity contribution in [2.45, 2.75) is 20.4 Å². The Kier molecular flexibility index (Phi) is 4.99. The Morgan fingerprint density at radius 1 is 1.23 bits per heavy atom. The number of hydrogen-bond acceptors (Lipinski definition) is 6. The summed E-state index contributed by atoms with van der Waals surface area (Å²) in [5.41, 5.74) is 1.27. The number of nitrogens with zero attached hydrogens (tertiary/aromatic N) is 4. The van der Waals surface area contributed by atoms with Gasteiger partial charge in [-0.1, -0.05) is 0 Å². The Morgan fingerprint density at radius 3 is 2.58 bits per heavy atom. The van der Waals surface area contributed by atoms with Crippen molar-refractivity contribution in [3.63, 3.8) is 0 Å². The summed E-state index contributed by atoms with van der Waals surface area (Å²) in [4.78, 5) is 24.5. The number of ether oxygens (including phenoxy) is 1. The van der Waals surface area contributed by atoms with Crippen molar-refractivity contribution in [2.75, 3.05) is 19.0 Å². The van der Waals surface area contributed by atoms with Crippen LogP contribution in [0.1, 0.15) is 21.9 Å². The first kappa shape index (κ1) is 17.6. The van der Waals surface area contributed by atoms with Gasteiger partial charge in [-0.15, -0.1) is 0 Å². The van der Waals surface area contributed by atoms with Crippen molar-refractivity contribution in [1.82, 2.24) is 19.8 Å². The molecule has 1 aromatic carbocycles. The van der Waals surface area contributed by atoms with Gasteiger partial charge >= 0.3 is 5.69 Å². The van der Waals surface area contributed by atoms with Gasteiger partial charge in [0.2, 0.25) is 0 Å². The molecule has 3 aromatic rings. The number of rotatable bonds is 6. The van der Waals surface area contributed by atoms with Crippen LogP contribution in [-0.2, 0) is 11.3 Å². The second-order valence-electron chi connectivity index (χ2n) is 5.72. The summed E-state index contributed by atoms with van der Waals surface area (Å²) < 4.78 is 12.7. The Labute approximate surface area is 149 Å². The highest BCUT2D eigenvalue weighted by atomic mass is 16.5. The fourth-order valence-electron chi connectivity index (χ4n) is 2.49. The molecule has 0 radical (unpaired) electrons. The normalized spacial score (nSPS) is 10.9. The lowest BCUT2D eigenvalue weighted by molar-refractivity contribution is 0.102. The number of carbonyl (C=O) groups excluding carboxylic acids is 1. The van der Waals surface area contributed by atoms with E-state index in [9.17, 15) is 9.59 Å². The fraction of sp³-hybridized carbons (Fsp3) is 0.294. The summed E-state index contributed by atoms with van der Waals surface area (Å²) >= 11 is 0. The summed E-state index contributed by atoms with van der Waals surface area (Å²) in [6, 6.07) is 8.43. The van der Waals surface area contributed by atoms with Gasteiger partial charge in [-0.2, -0.15) is 9.36 Å². The highest BCUT2D eigenvalue weighted by molar-refractivity contribution is 6.05. The van der Waals surface area contributed by atoms with Gasteiger partial charge in [-0.05, 0) is 54.6 Å². The first-order chi connectivity index (χ1) is 12.5. The van der Waals surface area contributed by atoms with Crippen LogP contribution in [0.5, 0.6) is 0 Å². The van der Waals surface area contributed by atoms with Gasteiger partial charge in [0.25, 0.3) is 5.91 Å². The van der Waals surface area contributed by atoms with Gasteiger partial charge in [0, 0.05) is 12.8 Å². The molecule has 0 atom stereocenters. The Balaban J connectivity index is 1.75. The topological polar surface area (TPSA) is 104 Å². The summed E-state index contributed by atoms with van der Waals surface area (Å²) in [5, 5.41) is 10.5. The number of aryl methyl sites for hydroxylation is 2. The predicted octanol–water partition coefficient (Wildman–Crippen LogP) is 1.54. The zero-order chi connectivity index (χ0) is 18.7. The number of hydrogen-bond donors (Lipinski definition) is 1. The van der Waals surface area contributed by atoms with Crippen LogP contribution >= 0.6 is 0 Å². The average Bonchev–Trinajstić information content (AvgIpc) is 3.15. The van der Waals surface area contributed by atoms with Crippen LogP contribution in [-0.4, -0.2) is 39.4 Å². The van der Waals surface area contributed by atoms with Gasteiger partial charge < -0.3 is 14.5 Å². The molecule has 0 aliphatic rings. The third-order valence-corrected chi connectivity index (χ3v) is 3.80. The summed E-state index contributed by atoms with van der Waals surface area (Å²) in [6.07, 6.45) is 0. The minimum Gasteiger partial charge on any atom is -0.466 e. The molecule has 1 N–H and O–H groups in total. The van der Waals surface area contributed by atoms with Crippen LogP contribution < -0.4 is 11.0 Å². The average molecular weight is 357 g/mol. The zero-order valence-electron chi connectivity index (χ0n) is 14.7. The van der Waals surface area contributed by atoms with Gasteiger partial charge in [0.05, 0.1) is 24.4 Å². The molecule has 2 aromatic heterocycles. The maximum Gasteiger partial charge on any atom is 0.368 e. The lowest BCUT2D eigenvalue weighted by Gasteiger charge is -2.05. The number of aromatic nitrogens is 4. The standard InChI is InChI=1S/C17H19N5O4/c1-11-10-15(12(2)26-11)16(23)18-13-4-6-14(7-5-13)22-17(24)21(19-20-22)8-9-25-3/h4-7,10H,8-9H2,1-3H3,(H,18,23). The summed E-state index contributed by atoms with van der Waals surface area (Å²) in [6.45, 7) is 4.23. The SMILES string of the molecule is COCCn1nnn(-c2ccc(NC(=O)c3cc(C)oc3C)cc2)c1=O. The number of benzene rings is 1. The molecule has 26 heavy (non-hydrogen) atoms. The smallest absolute Gasteiger partial charge is 0.368 e. The summed E-state index contributed by atoms with van der Waals surface area (Å²) in [7, 11) is 1.55. The molecule has 2 heterocycles. The van der Waals surface area contributed by atoms with Crippen LogP contribution in [0.3, 0.4) is 0 Å².